The number of benzene rings is 4. The van der Waals surface area contributed by atoms with Crippen molar-refractivity contribution in [1.29, 1.82) is 0 Å². The second-order valence-electron chi connectivity index (χ2n) is 15.6. The second-order valence-corrected chi connectivity index (χ2v) is 15.6. The molecular weight excluding hydrogens is 729 g/mol. The van der Waals surface area contributed by atoms with E-state index in [1.54, 1.807) is 24.8 Å². The van der Waals surface area contributed by atoms with E-state index in [-0.39, 0.29) is 35.7 Å². The Balaban J connectivity index is 0.945. The molecule has 1 fully saturated rings. The predicted octanol–water partition coefficient (Wildman–Crippen LogP) is 9.14. The van der Waals surface area contributed by atoms with Crippen molar-refractivity contribution in [2.24, 2.45) is 11.8 Å². The molecule has 0 aromatic heterocycles. The van der Waals surface area contributed by atoms with E-state index in [9.17, 15) is 14.4 Å². The Morgan fingerprint density at radius 3 is 2.29 bits per heavy atom. The van der Waals surface area contributed by atoms with E-state index in [4.69, 9.17) is 14.2 Å². The molecule has 0 N–H and O–H groups in total. The van der Waals surface area contributed by atoms with Crippen molar-refractivity contribution < 1.29 is 28.6 Å². The van der Waals surface area contributed by atoms with Crippen LogP contribution in [-0.2, 0) is 33.9 Å². The fraction of sp³-hybridized carbons (Fsp3) is 0.312. The maximum atomic E-state index is 12.8. The lowest BCUT2D eigenvalue weighted by atomic mass is 10.0. The lowest BCUT2D eigenvalue weighted by Crippen LogP contribution is -2.38. The maximum absolute atomic E-state index is 12.8. The molecule has 3 amide bonds. The number of anilines is 3. The van der Waals surface area contributed by atoms with Crippen LogP contribution in [0.3, 0.4) is 0 Å². The van der Waals surface area contributed by atoms with Gasteiger partial charge in [0, 0.05) is 72.2 Å². The average molecular weight is 781 g/mol. The average Bonchev–Trinajstić information content (AvgIpc) is 3.47. The lowest BCUT2D eigenvalue weighted by Gasteiger charge is -2.32. The summed E-state index contributed by atoms with van der Waals surface area (Å²) in [5.41, 5.74) is 8.50. The summed E-state index contributed by atoms with van der Waals surface area (Å²) in [6.45, 7) is 17.3. The number of rotatable bonds is 11. The van der Waals surface area contributed by atoms with Gasteiger partial charge in [-0.15, -0.1) is 0 Å². The van der Waals surface area contributed by atoms with Crippen molar-refractivity contribution in [1.82, 2.24) is 4.90 Å². The molecule has 58 heavy (non-hydrogen) atoms. The van der Waals surface area contributed by atoms with Crippen LogP contribution in [0, 0.1) is 11.8 Å². The standard InChI is InChI=1S/C48H52N4O6/c1-8-40(49-27-38-25-42(18-20-45(38)56-29-49)51-34(6)32(4)22-47(51)54)15-12-33(5)58-44-11-9-10-37(24-44)23-36-13-16-41(17-14-36)50-28-39-26-43(19-21-46(39)57-30-50)52(35(7)53)48(55)31(2)3/h8-21,24-26,31-33H,6,22-23,27-30H2,1-5,7H3/b15-12-,40-8+. The van der Waals surface area contributed by atoms with E-state index in [0.29, 0.717) is 38.7 Å². The van der Waals surface area contributed by atoms with Crippen molar-refractivity contribution in [2.75, 3.05) is 28.2 Å². The first-order valence-corrected chi connectivity index (χ1v) is 19.9. The van der Waals surface area contributed by atoms with Crippen molar-refractivity contribution in [2.45, 2.75) is 73.6 Å². The van der Waals surface area contributed by atoms with Crippen molar-refractivity contribution in [3.63, 3.8) is 0 Å². The Morgan fingerprint density at radius 1 is 0.897 bits per heavy atom. The minimum atomic E-state index is -0.309. The van der Waals surface area contributed by atoms with Crippen molar-refractivity contribution >= 4 is 34.8 Å². The van der Waals surface area contributed by atoms with E-state index in [0.717, 1.165) is 63.1 Å². The summed E-state index contributed by atoms with van der Waals surface area (Å²) in [5.74, 6) is 1.75. The summed E-state index contributed by atoms with van der Waals surface area (Å²) in [4.78, 5) is 45.2. The second kappa shape index (κ2) is 17.1. The van der Waals surface area contributed by atoms with Gasteiger partial charge in [-0.1, -0.05) is 57.7 Å². The van der Waals surface area contributed by atoms with Crippen LogP contribution >= 0.6 is 0 Å². The van der Waals surface area contributed by atoms with Gasteiger partial charge in [-0.3, -0.25) is 24.2 Å². The molecule has 1 saturated heterocycles. The molecule has 7 rings (SSSR count). The minimum Gasteiger partial charge on any atom is -0.487 e. The molecule has 300 valence electrons. The highest BCUT2D eigenvalue weighted by Gasteiger charge is 2.33. The summed E-state index contributed by atoms with van der Waals surface area (Å²) in [7, 11) is 0. The zero-order valence-electron chi connectivity index (χ0n) is 34.2. The molecule has 3 heterocycles. The first kappa shape index (κ1) is 39.9. The molecule has 3 aliphatic heterocycles. The number of fused-ring (bicyclic) bond motifs is 2. The molecular formula is C48H52N4O6. The fourth-order valence-corrected chi connectivity index (χ4v) is 7.61. The van der Waals surface area contributed by atoms with Gasteiger partial charge in [-0.25, -0.2) is 0 Å². The Labute approximate surface area is 341 Å². The monoisotopic (exact) mass is 780 g/mol. The number of carbonyl (C=O) groups excluding carboxylic acids is 3. The van der Waals surface area contributed by atoms with E-state index >= 15 is 0 Å². The largest absolute Gasteiger partial charge is 0.487 e. The van der Waals surface area contributed by atoms with Gasteiger partial charge in [0.15, 0.2) is 13.5 Å². The van der Waals surface area contributed by atoms with E-state index in [1.165, 1.54) is 17.4 Å². The Hall–Kier alpha value is -6.29. The third-order valence-electron chi connectivity index (χ3n) is 10.8. The number of ether oxygens (including phenoxy) is 3. The van der Waals surface area contributed by atoms with Crippen LogP contribution in [0.2, 0.25) is 0 Å². The van der Waals surface area contributed by atoms with Crippen LogP contribution in [0.1, 0.15) is 70.2 Å². The topological polar surface area (TPSA) is 91.9 Å². The van der Waals surface area contributed by atoms with Gasteiger partial charge in [-0.2, -0.15) is 0 Å². The van der Waals surface area contributed by atoms with Gasteiger partial charge in [-0.05, 0) is 104 Å². The number of hydrogen-bond donors (Lipinski definition) is 0. The zero-order chi connectivity index (χ0) is 41.1. The number of nitrogens with zero attached hydrogens (tertiary/aromatic N) is 4. The molecule has 2 unspecified atom stereocenters. The normalized spacial score (nSPS) is 17.2. The summed E-state index contributed by atoms with van der Waals surface area (Å²) in [6, 6.07) is 28.0. The van der Waals surface area contributed by atoms with Crippen LogP contribution in [0.5, 0.6) is 17.2 Å². The van der Waals surface area contributed by atoms with Gasteiger partial charge < -0.3 is 24.0 Å². The molecule has 0 bridgehead atoms. The molecule has 2 atom stereocenters. The van der Waals surface area contributed by atoms with Crippen molar-refractivity contribution in [3.05, 3.63) is 143 Å². The molecule has 4 aromatic carbocycles. The number of amides is 3. The number of carbonyl (C=O) groups is 3. The summed E-state index contributed by atoms with van der Waals surface area (Å²) < 4.78 is 18.5. The van der Waals surface area contributed by atoms with Crippen LogP contribution < -0.4 is 28.9 Å². The van der Waals surface area contributed by atoms with E-state index in [1.807, 2.05) is 63.2 Å². The molecule has 10 heteroatoms. The Morgan fingerprint density at radius 2 is 1.60 bits per heavy atom. The molecule has 0 spiro atoms. The van der Waals surface area contributed by atoms with Gasteiger partial charge in [0.05, 0.1) is 5.69 Å². The van der Waals surface area contributed by atoms with Crippen molar-refractivity contribution in [3.8, 4) is 17.2 Å². The van der Waals surface area contributed by atoms with Crippen LogP contribution in [0.4, 0.5) is 17.1 Å². The molecule has 0 aliphatic carbocycles. The summed E-state index contributed by atoms with van der Waals surface area (Å²) >= 11 is 0. The SMILES string of the molecule is C=C1C(C)CC(=O)N1c1ccc2c(c1)CN(C(/C=C\C(C)Oc1cccc(Cc3ccc(N4COc5ccc(N(C(C)=O)C(=O)C(C)C)cc5C4)cc3)c1)=C/C)CO2. The Bertz CT molecular complexity index is 2280. The first-order chi connectivity index (χ1) is 27.9. The third-order valence-corrected chi connectivity index (χ3v) is 10.8. The van der Waals surface area contributed by atoms with Gasteiger partial charge in [0.2, 0.25) is 17.7 Å². The zero-order valence-corrected chi connectivity index (χ0v) is 34.2. The number of imide groups is 1. The van der Waals surface area contributed by atoms with E-state index in [2.05, 4.69) is 71.0 Å². The first-order valence-electron chi connectivity index (χ1n) is 19.9. The summed E-state index contributed by atoms with van der Waals surface area (Å²) in [5, 5.41) is 0. The highest BCUT2D eigenvalue weighted by molar-refractivity contribution is 6.14. The van der Waals surface area contributed by atoms with Gasteiger partial charge in [0.25, 0.3) is 0 Å². The van der Waals surface area contributed by atoms with Crippen LogP contribution in [0.25, 0.3) is 0 Å². The van der Waals surface area contributed by atoms with Gasteiger partial charge >= 0.3 is 0 Å². The highest BCUT2D eigenvalue weighted by Crippen LogP contribution is 2.37. The third kappa shape index (κ3) is 8.66. The minimum absolute atomic E-state index is 0.0759. The van der Waals surface area contributed by atoms with Gasteiger partial charge in [0.1, 0.15) is 23.4 Å². The fourth-order valence-electron chi connectivity index (χ4n) is 7.61. The molecule has 3 aliphatic rings. The molecule has 0 radical (unpaired) electrons. The summed E-state index contributed by atoms with van der Waals surface area (Å²) in [6.07, 6.45) is 7.23. The van der Waals surface area contributed by atoms with Crippen LogP contribution in [0.15, 0.2) is 121 Å². The number of allylic oxidation sites excluding steroid dienone is 3. The molecule has 0 saturated carbocycles. The highest BCUT2D eigenvalue weighted by atomic mass is 16.5. The smallest absolute Gasteiger partial charge is 0.236 e. The molecule has 10 nitrogen and oxygen atoms in total. The lowest BCUT2D eigenvalue weighted by molar-refractivity contribution is -0.127. The number of hydrogen-bond acceptors (Lipinski definition) is 8. The Kier molecular flexibility index (Phi) is 11.7. The predicted molar refractivity (Wildman–Crippen MR) is 228 cm³/mol. The van der Waals surface area contributed by atoms with E-state index < -0.39 is 0 Å². The maximum Gasteiger partial charge on any atom is 0.236 e. The van der Waals surface area contributed by atoms with Crippen LogP contribution in [-0.4, -0.2) is 42.2 Å². The molecule has 4 aromatic rings. The quantitative estimate of drug-likeness (QED) is 0.139.